The van der Waals surface area contributed by atoms with Crippen LogP contribution in [0.4, 0.5) is 4.39 Å². The standard InChI is InChI=1S/C31H32FN5O2/c1-18-3-2-13-37(18)23-8-6-19-4-5-21(15-20(19)7-9-23)22-16-26-28(35-36-30(26)34-17-22)24-10-11-25-29(27(24)32)39-14-12-33-31(25)38/h4-5,10-11,15-18,23H,2-3,6-9,12-14H2,1H3,(H,33,38)(H,34,35,36)/t18-,23?/m1/s1. The number of nitrogens with one attached hydrogen (secondary N) is 2. The number of aromatic amines is 1. The monoisotopic (exact) mass is 525 g/mol. The molecule has 39 heavy (non-hydrogen) atoms. The fourth-order valence-electron chi connectivity index (χ4n) is 6.65. The Morgan fingerprint density at radius 2 is 1.87 bits per heavy atom. The van der Waals surface area contributed by atoms with Crippen molar-refractivity contribution in [2.45, 2.75) is 57.5 Å². The van der Waals surface area contributed by atoms with Gasteiger partial charge in [-0.05, 0) is 86.9 Å². The molecule has 2 atom stereocenters. The van der Waals surface area contributed by atoms with Crippen molar-refractivity contribution < 1.29 is 13.9 Å². The first-order valence-corrected chi connectivity index (χ1v) is 14.0. The van der Waals surface area contributed by atoms with Crippen molar-refractivity contribution in [3.05, 3.63) is 65.1 Å². The predicted molar refractivity (Wildman–Crippen MR) is 148 cm³/mol. The van der Waals surface area contributed by atoms with Crippen LogP contribution in [-0.4, -0.2) is 57.8 Å². The molecule has 8 heteroatoms. The number of amides is 1. The van der Waals surface area contributed by atoms with Gasteiger partial charge in [0, 0.05) is 34.8 Å². The minimum Gasteiger partial charge on any atom is -0.488 e. The SMILES string of the molecule is C[C@@H]1CCCN1C1CCc2ccc(-c3cnc4n[nH]c(-c5ccc6c(c5F)OCCNC6=O)c4c3)cc2CC1. The van der Waals surface area contributed by atoms with Gasteiger partial charge in [0.25, 0.3) is 5.91 Å². The highest BCUT2D eigenvalue weighted by Gasteiger charge is 2.29. The van der Waals surface area contributed by atoms with E-state index in [0.29, 0.717) is 35.5 Å². The van der Waals surface area contributed by atoms with E-state index in [1.165, 1.54) is 43.4 Å². The molecule has 7 nitrogen and oxygen atoms in total. The van der Waals surface area contributed by atoms with Crippen LogP contribution in [0.2, 0.25) is 0 Å². The van der Waals surface area contributed by atoms with Crippen LogP contribution in [0.15, 0.2) is 42.6 Å². The smallest absolute Gasteiger partial charge is 0.255 e. The van der Waals surface area contributed by atoms with Gasteiger partial charge in [-0.15, -0.1) is 0 Å². The van der Waals surface area contributed by atoms with Crippen molar-refractivity contribution >= 4 is 16.9 Å². The van der Waals surface area contributed by atoms with E-state index < -0.39 is 5.82 Å². The molecule has 0 radical (unpaired) electrons. The molecular formula is C31H32FN5O2. The average molecular weight is 526 g/mol. The zero-order chi connectivity index (χ0) is 26.5. The maximum Gasteiger partial charge on any atom is 0.255 e. The molecule has 1 fully saturated rings. The summed E-state index contributed by atoms with van der Waals surface area (Å²) in [6, 6.07) is 13.3. The van der Waals surface area contributed by atoms with Crippen molar-refractivity contribution in [3.63, 3.8) is 0 Å². The van der Waals surface area contributed by atoms with Crippen molar-refractivity contribution in [2.24, 2.45) is 0 Å². The van der Waals surface area contributed by atoms with Gasteiger partial charge in [-0.25, -0.2) is 9.37 Å². The van der Waals surface area contributed by atoms with E-state index in [2.05, 4.69) is 50.5 Å². The van der Waals surface area contributed by atoms with Crippen LogP contribution in [0, 0.1) is 5.82 Å². The molecule has 0 saturated carbocycles. The van der Waals surface area contributed by atoms with Crippen molar-refractivity contribution in [1.82, 2.24) is 25.4 Å². The summed E-state index contributed by atoms with van der Waals surface area (Å²) in [5.74, 6) is -0.940. The zero-order valence-corrected chi connectivity index (χ0v) is 22.1. The maximum absolute atomic E-state index is 15.6. The first kappa shape index (κ1) is 24.3. The number of fused-ring (bicyclic) bond motifs is 3. The molecule has 1 saturated heterocycles. The van der Waals surface area contributed by atoms with E-state index in [0.717, 1.165) is 29.4 Å². The quantitative estimate of drug-likeness (QED) is 0.356. The Labute approximate surface area is 226 Å². The summed E-state index contributed by atoms with van der Waals surface area (Å²) in [5, 5.41) is 10.7. The Hall–Kier alpha value is -3.78. The second kappa shape index (κ2) is 9.75. The first-order chi connectivity index (χ1) is 19.1. The molecule has 0 bridgehead atoms. The van der Waals surface area contributed by atoms with Crippen molar-refractivity contribution in [2.75, 3.05) is 19.7 Å². The summed E-state index contributed by atoms with van der Waals surface area (Å²) in [6.07, 6.45) is 9.08. The molecule has 2 N–H and O–H groups in total. The topological polar surface area (TPSA) is 83.1 Å². The Morgan fingerprint density at radius 3 is 2.72 bits per heavy atom. The lowest BCUT2D eigenvalue weighted by Crippen LogP contribution is -2.37. The van der Waals surface area contributed by atoms with Crippen LogP contribution < -0.4 is 10.1 Å². The molecule has 2 aliphatic heterocycles. The van der Waals surface area contributed by atoms with Gasteiger partial charge in [-0.1, -0.05) is 18.2 Å². The zero-order valence-electron chi connectivity index (χ0n) is 22.1. The van der Waals surface area contributed by atoms with E-state index in [4.69, 9.17) is 4.74 Å². The van der Waals surface area contributed by atoms with Crippen LogP contribution in [0.5, 0.6) is 5.75 Å². The number of pyridine rings is 1. The second-order valence-electron chi connectivity index (χ2n) is 11.0. The number of likely N-dealkylation sites (tertiary alicyclic amines) is 1. The molecule has 1 unspecified atom stereocenters. The molecule has 3 aliphatic rings. The summed E-state index contributed by atoms with van der Waals surface area (Å²) in [5.41, 5.74) is 6.46. The number of ether oxygens (including phenoxy) is 1. The van der Waals surface area contributed by atoms with Crippen molar-refractivity contribution in [3.8, 4) is 28.1 Å². The highest BCUT2D eigenvalue weighted by molar-refractivity contribution is 5.99. The number of aromatic nitrogens is 3. The highest BCUT2D eigenvalue weighted by Crippen LogP contribution is 2.37. The molecule has 4 heterocycles. The Morgan fingerprint density at radius 1 is 1.03 bits per heavy atom. The third-order valence-electron chi connectivity index (χ3n) is 8.76. The molecular weight excluding hydrogens is 493 g/mol. The van der Waals surface area contributed by atoms with Gasteiger partial charge >= 0.3 is 0 Å². The number of halogens is 1. The third kappa shape index (κ3) is 4.27. The molecule has 7 rings (SSSR count). The average Bonchev–Trinajstić information content (AvgIpc) is 3.44. The number of hydrogen-bond acceptors (Lipinski definition) is 5. The second-order valence-corrected chi connectivity index (χ2v) is 11.0. The molecule has 2 aromatic heterocycles. The summed E-state index contributed by atoms with van der Waals surface area (Å²) >= 11 is 0. The number of hydrogen-bond donors (Lipinski definition) is 2. The minimum absolute atomic E-state index is 0.0262. The predicted octanol–water partition coefficient (Wildman–Crippen LogP) is 5.28. The van der Waals surface area contributed by atoms with Crippen LogP contribution in [0.1, 0.15) is 54.1 Å². The fraction of sp³-hybridized carbons (Fsp3) is 0.387. The number of carbonyl (C=O) groups is 1. The van der Waals surface area contributed by atoms with E-state index in [-0.39, 0.29) is 23.8 Å². The lowest BCUT2D eigenvalue weighted by molar-refractivity contribution is 0.0957. The molecule has 1 aliphatic carbocycles. The summed E-state index contributed by atoms with van der Waals surface area (Å²) in [6.45, 7) is 4.15. The van der Waals surface area contributed by atoms with Gasteiger partial charge in [-0.2, -0.15) is 5.10 Å². The molecule has 200 valence electrons. The van der Waals surface area contributed by atoms with Crippen LogP contribution in [-0.2, 0) is 12.8 Å². The Kier molecular flexibility index (Phi) is 6.07. The minimum atomic E-state index is -0.576. The first-order valence-electron chi connectivity index (χ1n) is 14.0. The summed E-state index contributed by atoms with van der Waals surface area (Å²) < 4.78 is 21.2. The number of rotatable bonds is 3. The fourth-order valence-corrected chi connectivity index (χ4v) is 6.65. The van der Waals surface area contributed by atoms with Gasteiger partial charge in [0.05, 0.1) is 17.8 Å². The largest absolute Gasteiger partial charge is 0.488 e. The maximum atomic E-state index is 15.6. The number of aryl methyl sites for hydroxylation is 2. The van der Waals surface area contributed by atoms with Crippen molar-refractivity contribution in [1.29, 1.82) is 0 Å². The molecule has 1 amide bonds. The summed E-state index contributed by atoms with van der Waals surface area (Å²) in [7, 11) is 0. The Bertz CT molecular complexity index is 1580. The van der Waals surface area contributed by atoms with Gasteiger partial charge in [0.1, 0.15) is 6.61 Å². The van der Waals surface area contributed by atoms with Gasteiger partial charge in [0.2, 0.25) is 0 Å². The van der Waals surface area contributed by atoms with Crippen LogP contribution in [0.3, 0.4) is 0 Å². The molecule has 2 aromatic carbocycles. The van der Waals surface area contributed by atoms with E-state index in [1.54, 1.807) is 12.1 Å². The lowest BCUT2D eigenvalue weighted by Gasteiger charge is -2.30. The highest BCUT2D eigenvalue weighted by atomic mass is 19.1. The third-order valence-corrected chi connectivity index (χ3v) is 8.76. The number of nitrogens with zero attached hydrogens (tertiary/aromatic N) is 3. The van der Waals surface area contributed by atoms with Crippen LogP contribution in [0.25, 0.3) is 33.4 Å². The van der Waals surface area contributed by atoms with Gasteiger partial charge in [0.15, 0.2) is 17.2 Å². The Balaban J connectivity index is 1.21. The van der Waals surface area contributed by atoms with Crippen LogP contribution >= 0.6 is 0 Å². The normalized spacial score (nSPS) is 21.5. The molecule has 0 spiro atoms. The number of H-pyrrole nitrogens is 1. The lowest BCUT2D eigenvalue weighted by atomic mass is 9.96. The van der Waals surface area contributed by atoms with E-state index in [1.807, 2.05) is 12.3 Å². The molecule has 4 aromatic rings. The number of carbonyl (C=O) groups excluding carboxylic acids is 1. The van der Waals surface area contributed by atoms with E-state index in [9.17, 15) is 4.79 Å². The summed E-state index contributed by atoms with van der Waals surface area (Å²) in [4.78, 5) is 19.6. The van der Waals surface area contributed by atoms with Gasteiger partial charge < -0.3 is 10.1 Å². The number of benzene rings is 2. The van der Waals surface area contributed by atoms with Gasteiger partial charge in [-0.3, -0.25) is 14.8 Å². The van der Waals surface area contributed by atoms with E-state index >= 15 is 4.39 Å².